The molecule has 0 saturated heterocycles. The van der Waals surface area contributed by atoms with E-state index in [0.717, 1.165) is 0 Å². The second-order valence-corrected chi connectivity index (χ2v) is 4.23. The van der Waals surface area contributed by atoms with Crippen LogP contribution in [0, 0.1) is 0 Å². The molecule has 0 fully saturated rings. The summed E-state index contributed by atoms with van der Waals surface area (Å²) < 4.78 is 5.16. The minimum atomic E-state index is -0.399. The van der Waals surface area contributed by atoms with Gasteiger partial charge in [-0.15, -0.1) is 5.11 Å². The molecule has 2 rings (SSSR count). The van der Waals surface area contributed by atoms with Crippen LogP contribution in [0.3, 0.4) is 0 Å². The molecule has 1 aromatic heterocycles. The number of aromatic nitrogens is 1. The van der Waals surface area contributed by atoms with E-state index < -0.39 is 5.91 Å². The largest absolute Gasteiger partial charge is 0.493 e. The fourth-order valence-electron chi connectivity index (χ4n) is 1.61. The first kappa shape index (κ1) is 15.4. The first-order valence-corrected chi connectivity index (χ1v) is 6.45. The molecular weight excluding hydrogens is 284 g/mol. The van der Waals surface area contributed by atoms with Gasteiger partial charge >= 0.3 is 0 Å². The molecule has 8 nitrogen and oxygen atoms in total. The molecule has 114 valence electrons. The summed E-state index contributed by atoms with van der Waals surface area (Å²) in [5.74, 6) is 0.226. The number of azo groups is 1. The van der Waals surface area contributed by atoms with Crippen LogP contribution in [0.25, 0.3) is 0 Å². The van der Waals surface area contributed by atoms with E-state index in [2.05, 4.69) is 20.5 Å². The fourth-order valence-corrected chi connectivity index (χ4v) is 1.61. The normalized spacial score (nSPS) is 10.6. The Morgan fingerprint density at radius 1 is 1.32 bits per heavy atom. The molecule has 0 aliphatic heterocycles. The zero-order valence-electron chi connectivity index (χ0n) is 12.0. The number of benzene rings is 1. The molecule has 0 atom stereocenters. The number of nitrogen functional groups attached to an aromatic ring is 1. The average molecular weight is 300 g/mol. The Balaban J connectivity index is 2.30. The summed E-state index contributed by atoms with van der Waals surface area (Å²) in [6.07, 6.45) is 0. The number of rotatable bonds is 5. The van der Waals surface area contributed by atoms with Crippen molar-refractivity contribution in [1.82, 2.24) is 4.98 Å². The number of amides is 1. The summed E-state index contributed by atoms with van der Waals surface area (Å²) in [5.41, 5.74) is 12.1. The summed E-state index contributed by atoms with van der Waals surface area (Å²) in [6, 6.07) is 10.7. The van der Waals surface area contributed by atoms with E-state index >= 15 is 0 Å². The highest BCUT2D eigenvalue weighted by atomic mass is 16.5. The minimum absolute atomic E-state index is 0.118. The smallest absolute Gasteiger partial charge is 0.239 e. The molecule has 0 bridgehead atoms. The van der Waals surface area contributed by atoms with Crippen LogP contribution in [0.2, 0.25) is 0 Å². The lowest BCUT2D eigenvalue weighted by Crippen LogP contribution is -2.22. The maximum atomic E-state index is 11.3. The number of nitrogens with two attached hydrogens (primary N) is 2. The van der Waals surface area contributed by atoms with Crippen molar-refractivity contribution in [1.29, 1.82) is 0 Å². The highest BCUT2D eigenvalue weighted by molar-refractivity contribution is 5.93. The number of nitrogens with zero attached hydrogens (tertiary/aromatic N) is 3. The van der Waals surface area contributed by atoms with Crippen molar-refractivity contribution in [2.45, 2.75) is 0 Å². The second-order valence-electron chi connectivity index (χ2n) is 4.23. The number of hydrogen-bond acceptors (Lipinski definition) is 7. The number of ether oxygens (including phenoxy) is 1. The van der Waals surface area contributed by atoms with Crippen molar-refractivity contribution in [2.75, 3.05) is 24.7 Å². The van der Waals surface area contributed by atoms with E-state index in [-0.39, 0.29) is 18.2 Å². The fraction of sp³-hybridized carbons (Fsp3) is 0.143. The lowest BCUT2D eigenvalue weighted by Gasteiger charge is -2.10. The molecule has 0 radical (unpaired) electrons. The molecule has 0 spiro atoms. The SMILES string of the molecule is COc1cc(/N=N/c2ccccc2)c(N)nc1NC(=O)CN. The summed E-state index contributed by atoms with van der Waals surface area (Å²) in [4.78, 5) is 15.4. The number of carbonyl (C=O) groups excluding carboxylic acids is 1. The van der Waals surface area contributed by atoms with E-state index in [4.69, 9.17) is 16.2 Å². The number of pyridine rings is 1. The third-order valence-electron chi connectivity index (χ3n) is 2.69. The van der Waals surface area contributed by atoms with E-state index in [1.807, 2.05) is 18.2 Å². The topological polar surface area (TPSA) is 128 Å². The third kappa shape index (κ3) is 3.76. The van der Waals surface area contributed by atoms with Gasteiger partial charge < -0.3 is 21.5 Å². The Hall–Kier alpha value is -3.00. The van der Waals surface area contributed by atoms with Crippen LogP contribution >= 0.6 is 0 Å². The van der Waals surface area contributed by atoms with Gasteiger partial charge in [0.25, 0.3) is 0 Å². The van der Waals surface area contributed by atoms with Gasteiger partial charge in [0.15, 0.2) is 17.4 Å². The first-order valence-electron chi connectivity index (χ1n) is 6.45. The molecule has 0 saturated carbocycles. The Kier molecular flexibility index (Phi) is 4.99. The van der Waals surface area contributed by atoms with Crippen LogP contribution in [-0.4, -0.2) is 24.5 Å². The molecule has 1 aromatic carbocycles. The lowest BCUT2D eigenvalue weighted by molar-refractivity contribution is -0.114. The Morgan fingerprint density at radius 2 is 2.05 bits per heavy atom. The van der Waals surface area contributed by atoms with Crippen molar-refractivity contribution >= 4 is 28.9 Å². The predicted molar refractivity (Wildman–Crippen MR) is 83.5 cm³/mol. The zero-order chi connectivity index (χ0) is 15.9. The van der Waals surface area contributed by atoms with E-state index in [1.165, 1.54) is 7.11 Å². The van der Waals surface area contributed by atoms with Crippen LogP contribution in [0.1, 0.15) is 0 Å². The van der Waals surface area contributed by atoms with Crippen molar-refractivity contribution in [3.05, 3.63) is 36.4 Å². The zero-order valence-corrected chi connectivity index (χ0v) is 12.0. The van der Waals surface area contributed by atoms with Crippen LogP contribution in [0.5, 0.6) is 5.75 Å². The quantitative estimate of drug-likeness (QED) is 0.727. The van der Waals surface area contributed by atoms with Crippen molar-refractivity contribution in [3.8, 4) is 5.75 Å². The van der Waals surface area contributed by atoms with Crippen LogP contribution < -0.4 is 21.5 Å². The number of hydrogen-bond donors (Lipinski definition) is 3. The summed E-state index contributed by atoms with van der Waals surface area (Å²) in [7, 11) is 1.45. The molecule has 1 amide bonds. The number of nitrogens with one attached hydrogen (secondary N) is 1. The first-order chi connectivity index (χ1) is 10.6. The van der Waals surface area contributed by atoms with Gasteiger partial charge in [0, 0.05) is 6.07 Å². The molecule has 0 aliphatic carbocycles. The minimum Gasteiger partial charge on any atom is -0.493 e. The number of methoxy groups -OCH3 is 1. The summed E-state index contributed by atoms with van der Waals surface area (Å²) >= 11 is 0. The summed E-state index contributed by atoms with van der Waals surface area (Å²) in [6.45, 7) is -0.166. The second kappa shape index (κ2) is 7.14. The van der Waals surface area contributed by atoms with Gasteiger partial charge in [-0.1, -0.05) is 18.2 Å². The third-order valence-corrected chi connectivity index (χ3v) is 2.69. The van der Waals surface area contributed by atoms with Gasteiger partial charge in [-0.05, 0) is 12.1 Å². The predicted octanol–water partition coefficient (Wildman–Crippen LogP) is 1.98. The Labute approximate surface area is 127 Å². The number of carbonyl (C=O) groups is 1. The highest BCUT2D eigenvalue weighted by Crippen LogP contribution is 2.32. The van der Waals surface area contributed by atoms with E-state index in [0.29, 0.717) is 17.1 Å². The maximum absolute atomic E-state index is 11.3. The van der Waals surface area contributed by atoms with E-state index in [1.54, 1.807) is 18.2 Å². The van der Waals surface area contributed by atoms with Crippen molar-refractivity contribution in [2.24, 2.45) is 16.0 Å². The maximum Gasteiger partial charge on any atom is 0.239 e. The molecule has 0 aliphatic rings. The lowest BCUT2D eigenvalue weighted by atomic mass is 10.3. The molecule has 22 heavy (non-hydrogen) atoms. The Morgan fingerprint density at radius 3 is 2.68 bits per heavy atom. The molecule has 0 unspecified atom stereocenters. The highest BCUT2D eigenvalue weighted by Gasteiger charge is 2.12. The summed E-state index contributed by atoms with van der Waals surface area (Å²) in [5, 5.41) is 10.6. The molecular formula is C14H16N6O2. The molecule has 1 heterocycles. The molecule has 8 heteroatoms. The van der Waals surface area contributed by atoms with Gasteiger partial charge in [-0.25, -0.2) is 4.98 Å². The Bertz CT molecular complexity index is 687. The van der Waals surface area contributed by atoms with Gasteiger partial charge in [-0.3, -0.25) is 4.79 Å². The van der Waals surface area contributed by atoms with Gasteiger partial charge in [0.05, 0.1) is 19.3 Å². The molecule has 2 aromatic rings. The standard InChI is InChI=1S/C14H16N6O2/c1-22-11-7-10(20-19-9-5-3-2-4-6-9)13(16)18-14(11)17-12(21)8-15/h2-7H,8,15H2,1H3,(H3,16,17,18,21)/b20-19+. The van der Waals surface area contributed by atoms with Gasteiger partial charge in [0.1, 0.15) is 5.69 Å². The van der Waals surface area contributed by atoms with Crippen molar-refractivity contribution < 1.29 is 9.53 Å². The van der Waals surface area contributed by atoms with Crippen LogP contribution in [-0.2, 0) is 4.79 Å². The van der Waals surface area contributed by atoms with E-state index in [9.17, 15) is 4.79 Å². The van der Waals surface area contributed by atoms with Gasteiger partial charge in [0.2, 0.25) is 5.91 Å². The molecule has 5 N–H and O–H groups in total. The number of anilines is 2. The van der Waals surface area contributed by atoms with Gasteiger partial charge in [-0.2, -0.15) is 5.11 Å². The monoisotopic (exact) mass is 300 g/mol. The van der Waals surface area contributed by atoms with Crippen LogP contribution in [0.15, 0.2) is 46.6 Å². The van der Waals surface area contributed by atoms with Crippen molar-refractivity contribution in [3.63, 3.8) is 0 Å². The average Bonchev–Trinajstić information content (AvgIpc) is 2.55. The van der Waals surface area contributed by atoms with Crippen LogP contribution in [0.4, 0.5) is 23.0 Å².